The van der Waals surface area contributed by atoms with Crippen molar-refractivity contribution in [2.24, 2.45) is 5.92 Å². The van der Waals surface area contributed by atoms with E-state index >= 15 is 0 Å². The first-order valence-electron chi connectivity index (χ1n) is 20.1. The number of likely N-dealkylation sites (tertiary alicyclic amines) is 1. The largest absolute Gasteiger partial charge is 0.493 e. The molecule has 0 radical (unpaired) electrons. The van der Waals surface area contributed by atoms with Gasteiger partial charge in [-0.1, -0.05) is 41.9 Å². The van der Waals surface area contributed by atoms with E-state index in [-0.39, 0.29) is 12.7 Å². The Hall–Kier alpha value is -4.93. The standard InChI is InChI=1S/C47H50ClFN4O4/c1-31-38(7-5-10-43(31)55-20-6-17-53-18-15-47(2,49)16-19-53)39-8-4-9-41-40(39)13-14-44(41)57-46-26-45(56-30-34-21-33(27-50)22-36(23-34)51-3)35(25-42(46)48)29-52-28-32-11-12-37(54)24-32/h4-5,7-10,21-23,25-26,32,44,52H,6,11-20,24,28-30H2,1-2H3/t32-,44+/m1/s1. The zero-order valence-corrected chi connectivity index (χ0v) is 33.6. The summed E-state index contributed by atoms with van der Waals surface area (Å²) in [7, 11) is 0. The number of ketones is 1. The van der Waals surface area contributed by atoms with Gasteiger partial charge in [0.2, 0.25) is 0 Å². The summed E-state index contributed by atoms with van der Waals surface area (Å²) in [5.41, 5.74) is 7.09. The minimum absolute atomic E-state index is 0.152. The van der Waals surface area contributed by atoms with Crippen LogP contribution < -0.4 is 19.5 Å². The van der Waals surface area contributed by atoms with Crippen molar-refractivity contribution < 1.29 is 23.4 Å². The highest BCUT2D eigenvalue weighted by Gasteiger charge is 2.30. The van der Waals surface area contributed by atoms with E-state index in [1.165, 1.54) is 11.1 Å². The van der Waals surface area contributed by atoms with Crippen molar-refractivity contribution >= 4 is 23.1 Å². The summed E-state index contributed by atoms with van der Waals surface area (Å²) in [5, 5.41) is 13.5. The Morgan fingerprint density at radius 2 is 1.82 bits per heavy atom. The lowest BCUT2D eigenvalue weighted by molar-refractivity contribution is -0.117. The minimum atomic E-state index is -1.04. The molecule has 1 N–H and O–H groups in total. The average Bonchev–Trinajstić information content (AvgIpc) is 3.83. The number of alkyl halides is 1. The van der Waals surface area contributed by atoms with Gasteiger partial charge in [0, 0.05) is 56.2 Å². The highest BCUT2D eigenvalue weighted by Crippen LogP contribution is 2.44. The summed E-state index contributed by atoms with van der Waals surface area (Å²) in [5.74, 6) is 2.62. The molecular weight excluding hydrogens is 739 g/mol. The van der Waals surface area contributed by atoms with Crippen LogP contribution >= 0.6 is 11.6 Å². The van der Waals surface area contributed by atoms with Gasteiger partial charge in [-0.25, -0.2) is 9.24 Å². The molecule has 1 heterocycles. The zero-order valence-electron chi connectivity index (χ0n) is 32.8. The maximum absolute atomic E-state index is 14.2. The second-order valence-electron chi connectivity index (χ2n) is 16.0. The number of fused-ring (bicyclic) bond motifs is 1. The molecule has 0 unspecified atom stereocenters. The van der Waals surface area contributed by atoms with Crippen LogP contribution in [0.5, 0.6) is 17.2 Å². The SMILES string of the molecule is [C-]#[N+]c1cc(C#N)cc(COc2cc(O[C@H]3CCc4c(-c5cccc(OCCCN6CCC(C)(F)CC6)c5C)cccc43)c(Cl)cc2CNC[C@@H]2CCC(=O)C2)c1. The van der Waals surface area contributed by atoms with E-state index < -0.39 is 5.67 Å². The monoisotopic (exact) mass is 788 g/mol. The fourth-order valence-corrected chi connectivity index (χ4v) is 8.61. The number of hydrogen-bond acceptors (Lipinski definition) is 7. The quantitative estimate of drug-likeness (QED) is 0.0948. The molecule has 3 aliphatic rings. The molecule has 1 saturated heterocycles. The Morgan fingerprint density at radius 3 is 2.60 bits per heavy atom. The summed E-state index contributed by atoms with van der Waals surface area (Å²) in [6.45, 7) is 15.7. The predicted octanol–water partition coefficient (Wildman–Crippen LogP) is 10.4. The third kappa shape index (κ3) is 9.97. The Morgan fingerprint density at radius 1 is 1.02 bits per heavy atom. The van der Waals surface area contributed by atoms with Gasteiger partial charge >= 0.3 is 0 Å². The molecule has 2 fully saturated rings. The molecule has 10 heteroatoms. The summed E-state index contributed by atoms with van der Waals surface area (Å²) in [4.78, 5) is 17.7. The summed E-state index contributed by atoms with van der Waals surface area (Å²) < 4.78 is 33.7. The molecule has 57 heavy (non-hydrogen) atoms. The minimum Gasteiger partial charge on any atom is -0.493 e. The molecule has 4 aromatic carbocycles. The molecule has 0 amide bonds. The summed E-state index contributed by atoms with van der Waals surface area (Å²) >= 11 is 6.95. The average molecular weight is 789 g/mol. The molecule has 2 aliphatic carbocycles. The fourth-order valence-electron chi connectivity index (χ4n) is 8.38. The third-order valence-corrected chi connectivity index (χ3v) is 12.0. The Labute approximate surface area is 340 Å². The van der Waals surface area contributed by atoms with E-state index in [1.807, 2.05) is 18.2 Å². The predicted molar refractivity (Wildman–Crippen MR) is 221 cm³/mol. The molecule has 8 nitrogen and oxygen atoms in total. The van der Waals surface area contributed by atoms with Crippen molar-refractivity contribution in [2.75, 3.05) is 32.8 Å². The van der Waals surface area contributed by atoms with Crippen LogP contribution in [0.15, 0.2) is 66.7 Å². The van der Waals surface area contributed by atoms with Crippen LogP contribution in [0, 0.1) is 30.7 Å². The molecule has 4 aromatic rings. The van der Waals surface area contributed by atoms with Gasteiger partial charge in [-0.15, -0.1) is 0 Å². The maximum Gasteiger partial charge on any atom is 0.188 e. The number of piperidine rings is 1. The number of nitrogens with one attached hydrogen (secondary N) is 1. The lowest BCUT2D eigenvalue weighted by atomic mass is 9.93. The van der Waals surface area contributed by atoms with Crippen molar-refractivity contribution in [1.82, 2.24) is 10.2 Å². The number of nitriles is 1. The number of carbonyl (C=O) groups excluding carboxylic acids is 1. The summed E-state index contributed by atoms with van der Waals surface area (Å²) in [6.07, 6.45) is 5.63. The summed E-state index contributed by atoms with van der Waals surface area (Å²) in [6, 6.07) is 23.5. The third-order valence-electron chi connectivity index (χ3n) is 11.7. The molecule has 0 aromatic heterocycles. The van der Waals surface area contributed by atoms with Crippen LogP contribution in [0.4, 0.5) is 10.1 Å². The van der Waals surface area contributed by atoms with Crippen molar-refractivity contribution in [2.45, 2.75) is 90.1 Å². The number of ether oxygens (including phenoxy) is 3. The molecule has 7 rings (SSSR count). The van der Waals surface area contributed by atoms with Gasteiger partial charge in [0.05, 0.1) is 24.3 Å². The molecule has 2 atom stereocenters. The van der Waals surface area contributed by atoms with Gasteiger partial charge in [0.15, 0.2) is 5.69 Å². The maximum atomic E-state index is 14.2. The Kier molecular flexibility index (Phi) is 12.8. The first-order valence-corrected chi connectivity index (χ1v) is 20.5. The van der Waals surface area contributed by atoms with E-state index in [4.69, 9.17) is 32.4 Å². The van der Waals surface area contributed by atoms with Crippen molar-refractivity contribution in [1.29, 1.82) is 5.26 Å². The molecular formula is C47H50ClFN4O4. The highest BCUT2D eigenvalue weighted by molar-refractivity contribution is 6.32. The lowest BCUT2D eigenvalue weighted by Crippen LogP contribution is -2.40. The first-order chi connectivity index (χ1) is 27.6. The molecule has 0 bridgehead atoms. The van der Waals surface area contributed by atoms with Crippen molar-refractivity contribution in [3.8, 4) is 34.4 Å². The number of nitrogens with zero attached hydrogens (tertiary/aromatic N) is 3. The van der Waals surface area contributed by atoms with Gasteiger partial charge in [-0.3, -0.25) is 4.79 Å². The van der Waals surface area contributed by atoms with Gasteiger partial charge in [0.1, 0.15) is 41.4 Å². The number of carbonyl (C=O) groups is 1. The molecule has 1 saturated carbocycles. The van der Waals surface area contributed by atoms with E-state index in [0.717, 1.165) is 79.9 Å². The van der Waals surface area contributed by atoms with Gasteiger partial charge < -0.3 is 24.4 Å². The van der Waals surface area contributed by atoms with Crippen molar-refractivity contribution in [3.63, 3.8) is 0 Å². The Bertz CT molecular complexity index is 2150. The van der Waals surface area contributed by atoms with Crippen LogP contribution in [0.1, 0.15) is 91.4 Å². The van der Waals surface area contributed by atoms with Gasteiger partial charge in [0.25, 0.3) is 0 Å². The topological polar surface area (TPSA) is 88.2 Å². The highest BCUT2D eigenvalue weighted by atomic mass is 35.5. The number of halogens is 2. The second-order valence-corrected chi connectivity index (χ2v) is 16.4. The number of hydrogen-bond donors (Lipinski definition) is 1. The molecule has 0 spiro atoms. The molecule has 296 valence electrons. The van der Waals surface area contributed by atoms with E-state index in [9.17, 15) is 14.4 Å². The van der Waals surface area contributed by atoms with Crippen LogP contribution in [0.3, 0.4) is 0 Å². The van der Waals surface area contributed by atoms with E-state index in [0.29, 0.717) is 83.9 Å². The number of benzene rings is 4. The van der Waals surface area contributed by atoms with E-state index in [2.05, 4.69) is 58.4 Å². The first kappa shape index (κ1) is 40.3. The van der Waals surface area contributed by atoms with Gasteiger partial charge in [-0.05, 0) is 129 Å². The zero-order chi connectivity index (χ0) is 39.9. The second kappa shape index (κ2) is 18.1. The van der Waals surface area contributed by atoms with Crippen molar-refractivity contribution in [3.05, 3.63) is 117 Å². The van der Waals surface area contributed by atoms with Crippen LogP contribution in [-0.2, 0) is 24.4 Å². The fraction of sp³-hybridized carbons (Fsp3) is 0.426. The van der Waals surface area contributed by atoms with Crippen LogP contribution in [0.25, 0.3) is 16.0 Å². The smallest absolute Gasteiger partial charge is 0.188 e. The van der Waals surface area contributed by atoms with Crippen LogP contribution in [0.2, 0.25) is 5.02 Å². The normalized spacial score (nSPS) is 18.8. The Balaban J connectivity index is 1.06. The van der Waals surface area contributed by atoms with Gasteiger partial charge in [-0.2, -0.15) is 5.26 Å². The molecule has 1 aliphatic heterocycles. The van der Waals surface area contributed by atoms with Crippen LogP contribution in [-0.4, -0.2) is 49.1 Å². The van der Waals surface area contributed by atoms with E-state index in [1.54, 1.807) is 25.1 Å². The number of Topliss-reactive ketones (excluding diaryl/α,β-unsaturated/α-hetero) is 1. The lowest BCUT2D eigenvalue weighted by Gasteiger charge is -2.34. The number of rotatable bonds is 15.